The second kappa shape index (κ2) is 4.83. The molecule has 1 saturated heterocycles. The fourth-order valence-electron chi connectivity index (χ4n) is 2.51. The molecular weight excluding hydrogens is 242 g/mol. The van der Waals surface area contributed by atoms with Crippen LogP contribution in [0.5, 0.6) is 0 Å². The summed E-state index contributed by atoms with van der Waals surface area (Å²) in [6, 6.07) is 0.498. The first kappa shape index (κ1) is 11.9. The summed E-state index contributed by atoms with van der Waals surface area (Å²) >= 11 is 0. The van der Waals surface area contributed by atoms with Crippen molar-refractivity contribution in [3.63, 3.8) is 0 Å². The number of hydrogen-bond donors (Lipinski definition) is 1. The van der Waals surface area contributed by atoms with Gasteiger partial charge in [-0.1, -0.05) is 6.92 Å². The molecule has 0 radical (unpaired) electrons. The van der Waals surface area contributed by atoms with Gasteiger partial charge < -0.3 is 10.6 Å². The lowest BCUT2D eigenvalue weighted by Gasteiger charge is -2.23. The fraction of sp³-hybridized carbons (Fsp3) is 0.500. The normalized spacial score (nSPS) is 19.0. The molecule has 0 aliphatic carbocycles. The standard InChI is InChI=1S/C12H17N7/c1-2-9-4-3-6-19(9)12-16-10(13)15-11(17-12)18-7-5-14-8-18/h5,7-9H,2-4,6H2,1H3,(H2,13,15,16,17). The van der Waals surface area contributed by atoms with Crippen molar-refractivity contribution in [2.45, 2.75) is 32.2 Å². The van der Waals surface area contributed by atoms with E-state index >= 15 is 0 Å². The third kappa shape index (κ3) is 2.23. The molecule has 1 fully saturated rings. The third-order valence-electron chi connectivity index (χ3n) is 3.47. The van der Waals surface area contributed by atoms with Crippen molar-refractivity contribution in [3.8, 4) is 5.95 Å². The van der Waals surface area contributed by atoms with Crippen LogP contribution < -0.4 is 10.6 Å². The highest BCUT2D eigenvalue weighted by molar-refractivity contribution is 5.40. The van der Waals surface area contributed by atoms with Crippen LogP contribution in [0.1, 0.15) is 26.2 Å². The van der Waals surface area contributed by atoms with Crippen molar-refractivity contribution < 1.29 is 0 Å². The van der Waals surface area contributed by atoms with Crippen molar-refractivity contribution in [1.82, 2.24) is 24.5 Å². The summed E-state index contributed by atoms with van der Waals surface area (Å²) in [6.07, 6.45) is 8.57. The van der Waals surface area contributed by atoms with Gasteiger partial charge in [-0.05, 0) is 19.3 Å². The second-order valence-electron chi connectivity index (χ2n) is 4.66. The molecule has 100 valence electrons. The van der Waals surface area contributed by atoms with Crippen LogP contribution in [-0.4, -0.2) is 37.1 Å². The van der Waals surface area contributed by atoms with E-state index < -0.39 is 0 Å². The molecule has 2 aromatic heterocycles. The van der Waals surface area contributed by atoms with Crippen LogP contribution in [0, 0.1) is 0 Å². The minimum absolute atomic E-state index is 0.246. The van der Waals surface area contributed by atoms with Crippen molar-refractivity contribution in [2.24, 2.45) is 0 Å². The van der Waals surface area contributed by atoms with Crippen LogP contribution in [0.4, 0.5) is 11.9 Å². The lowest BCUT2D eigenvalue weighted by Crippen LogP contribution is -2.31. The van der Waals surface area contributed by atoms with Crippen LogP contribution in [0.25, 0.3) is 5.95 Å². The van der Waals surface area contributed by atoms with E-state index in [1.807, 2.05) is 0 Å². The number of hydrogen-bond acceptors (Lipinski definition) is 6. The first-order valence-corrected chi connectivity index (χ1v) is 6.54. The van der Waals surface area contributed by atoms with Gasteiger partial charge in [0.2, 0.25) is 17.8 Å². The predicted octanol–water partition coefficient (Wildman–Crippen LogP) is 1.02. The van der Waals surface area contributed by atoms with Gasteiger partial charge in [-0.15, -0.1) is 0 Å². The summed E-state index contributed by atoms with van der Waals surface area (Å²) < 4.78 is 1.73. The van der Waals surface area contributed by atoms with Crippen molar-refractivity contribution in [3.05, 3.63) is 18.7 Å². The Hall–Kier alpha value is -2.18. The SMILES string of the molecule is CCC1CCCN1c1nc(N)nc(-n2ccnc2)n1. The Bertz CT molecular complexity index is 551. The quantitative estimate of drug-likeness (QED) is 0.885. The Balaban J connectivity index is 1.98. The molecule has 3 rings (SSSR count). The summed E-state index contributed by atoms with van der Waals surface area (Å²) in [5.74, 6) is 1.43. The summed E-state index contributed by atoms with van der Waals surface area (Å²) in [5, 5.41) is 0. The Morgan fingerprint density at radius 2 is 2.16 bits per heavy atom. The maximum absolute atomic E-state index is 5.80. The van der Waals surface area contributed by atoms with E-state index in [2.05, 4.69) is 31.8 Å². The number of aromatic nitrogens is 5. The number of anilines is 2. The topological polar surface area (TPSA) is 85.8 Å². The Labute approximate surface area is 111 Å². The maximum Gasteiger partial charge on any atom is 0.241 e. The molecule has 1 atom stereocenters. The van der Waals surface area contributed by atoms with Gasteiger partial charge >= 0.3 is 0 Å². The first-order chi connectivity index (χ1) is 9.28. The lowest BCUT2D eigenvalue weighted by molar-refractivity contribution is 0.632. The van der Waals surface area contributed by atoms with Gasteiger partial charge in [-0.2, -0.15) is 15.0 Å². The van der Waals surface area contributed by atoms with Crippen molar-refractivity contribution in [2.75, 3.05) is 17.2 Å². The molecule has 0 saturated carbocycles. The molecule has 2 N–H and O–H groups in total. The first-order valence-electron chi connectivity index (χ1n) is 6.54. The van der Waals surface area contributed by atoms with Gasteiger partial charge in [0.05, 0.1) is 0 Å². The number of nitrogen functional groups attached to an aromatic ring is 1. The minimum Gasteiger partial charge on any atom is -0.368 e. The third-order valence-corrected chi connectivity index (χ3v) is 3.47. The Morgan fingerprint density at radius 1 is 1.32 bits per heavy atom. The van der Waals surface area contributed by atoms with Crippen LogP contribution in [0.15, 0.2) is 18.7 Å². The highest BCUT2D eigenvalue weighted by atomic mass is 15.3. The molecule has 1 aliphatic rings. The zero-order valence-electron chi connectivity index (χ0n) is 10.9. The summed E-state index contributed by atoms with van der Waals surface area (Å²) in [7, 11) is 0. The molecule has 3 heterocycles. The highest BCUT2D eigenvalue weighted by Crippen LogP contribution is 2.25. The lowest BCUT2D eigenvalue weighted by atomic mass is 10.2. The minimum atomic E-state index is 0.246. The molecule has 0 bridgehead atoms. The van der Waals surface area contributed by atoms with E-state index in [0.29, 0.717) is 17.9 Å². The van der Waals surface area contributed by atoms with E-state index in [0.717, 1.165) is 13.0 Å². The molecular formula is C12H17N7. The van der Waals surface area contributed by atoms with Gasteiger partial charge in [0, 0.05) is 25.0 Å². The van der Waals surface area contributed by atoms with Crippen LogP contribution in [0.2, 0.25) is 0 Å². The van der Waals surface area contributed by atoms with Gasteiger partial charge in [0.25, 0.3) is 0 Å². The molecule has 19 heavy (non-hydrogen) atoms. The van der Waals surface area contributed by atoms with Crippen LogP contribution in [0.3, 0.4) is 0 Å². The van der Waals surface area contributed by atoms with Gasteiger partial charge in [-0.25, -0.2) is 4.98 Å². The summed E-state index contributed by atoms with van der Waals surface area (Å²) in [5.41, 5.74) is 5.80. The van der Waals surface area contributed by atoms with Crippen LogP contribution >= 0.6 is 0 Å². The average Bonchev–Trinajstić information content (AvgIpc) is 3.09. The van der Waals surface area contributed by atoms with Crippen molar-refractivity contribution >= 4 is 11.9 Å². The number of imidazole rings is 1. The monoisotopic (exact) mass is 259 g/mol. The molecule has 7 heteroatoms. The predicted molar refractivity (Wildman–Crippen MR) is 72.0 cm³/mol. The van der Waals surface area contributed by atoms with Gasteiger partial charge in [0.15, 0.2) is 0 Å². The van der Waals surface area contributed by atoms with E-state index in [-0.39, 0.29) is 5.95 Å². The molecule has 0 aromatic carbocycles. The molecule has 1 unspecified atom stereocenters. The molecule has 7 nitrogen and oxygen atoms in total. The average molecular weight is 259 g/mol. The zero-order valence-corrected chi connectivity index (χ0v) is 10.9. The zero-order chi connectivity index (χ0) is 13.2. The Kier molecular flexibility index (Phi) is 3.02. The van der Waals surface area contributed by atoms with Gasteiger partial charge in [-0.3, -0.25) is 4.57 Å². The summed E-state index contributed by atoms with van der Waals surface area (Å²) in [4.78, 5) is 19.1. The highest BCUT2D eigenvalue weighted by Gasteiger charge is 2.26. The van der Waals surface area contributed by atoms with Gasteiger partial charge in [0.1, 0.15) is 6.33 Å². The van der Waals surface area contributed by atoms with E-state index in [4.69, 9.17) is 5.73 Å². The maximum atomic E-state index is 5.80. The number of rotatable bonds is 3. The number of nitrogens with two attached hydrogens (primary N) is 1. The molecule has 0 spiro atoms. The van der Waals surface area contributed by atoms with Crippen molar-refractivity contribution in [1.29, 1.82) is 0 Å². The molecule has 0 amide bonds. The number of nitrogens with zero attached hydrogens (tertiary/aromatic N) is 6. The molecule has 2 aromatic rings. The van der Waals surface area contributed by atoms with Crippen LogP contribution in [-0.2, 0) is 0 Å². The summed E-state index contributed by atoms with van der Waals surface area (Å²) in [6.45, 7) is 3.16. The second-order valence-corrected chi connectivity index (χ2v) is 4.66. The van der Waals surface area contributed by atoms with E-state index in [9.17, 15) is 0 Å². The Morgan fingerprint density at radius 3 is 2.89 bits per heavy atom. The fourth-order valence-corrected chi connectivity index (χ4v) is 2.51. The largest absolute Gasteiger partial charge is 0.368 e. The molecule has 1 aliphatic heterocycles. The smallest absolute Gasteiger partial charge is 0.241 e. The van der Waals surface area contributed by atoms with E-state index in [1.165, 1.54) is 12.8 Å². The van der Waals surface area contributed by atoms with E-state index in [1.54, 1.807) is 23.3 Å².